The number of methoxy groups -OCH3 is 1. The van der Waals surface area contributed by atoms with Crippen LogP contribution in [0, 0.1) is 5.41 Å². The van der Waals surface area contributed by atoms with E-state index < -0.39 is 0 Å². The molecule has 0 fully saturated rings. The van der Waals surface area contributed by atoms with Gasteiger partial charge in [-0.3, -0.25) is 4.90 Å². The molecular formula is C17H30N2O. The molecule has 0 aliphatic rings. The molecule has 0 spiro atoms. The number of ether oxygens (including phenoxy) is 1. The van der Waals surface area contributed by atoms with Crippen LogP contribution in [0.3, 0.4) is 0 Å². The van der Waals surface area contributed by atoms with Crippen LogP contribution in [-0.4, -0.2) is 31.6 Å². The quantitative estimate of drug-likeness (QED) is 0.868. The summed E-state index contributed by atoms with van der Waals surface area (Å²) in [6, 6.07) is 9.07. The third-order valence-electron chi connectivity index (χ3n) is 4.29. The van der Waals surface area contributed by atoms with Gasteiger partial charge in [-0.05, 0) is 30.5 Å². The van der Waals surface area contributed by atoms with Gasteiger partial charge >= 0.3 is 0 Å². The van der Waals surface area contributed by atoms with Gasteiger partial charge in [-0.1, -0.05) is 45.0 Å². The van der Waals surface area contributed by atoms with Crippen LogP contribution in [-0.2, 0) is 11.3 Å². The van der Waals surface area contributed by atoms with Gasteiger partial charge in [-0.25, -0.2) is 0 Å². The summed E-state index contributed by atoms with van der Waals surface area (Å²) >= 11 is 0. The average molecular weight is 278 g/mol. The molecule has 0 bridgehead atoms. The van der Waals surface area contributed by atoms with Crippen molar-refractivity contribution in [1.29, 1.82) is 0 Å². The lowest BCUT2D eigenvalue weighted by atomic mass is 9.85. The largest absolute Gasteiger partial charge is 0.380 e. The molecule has 0 radical (unpaired) electrons. The molecule has 0 amide bonds. The molecule has 20 heavy (non-hydrogen) atoms. The van der Waals surface area contributed by atoms with Gasteiger partial charge in [0, 0.05) is 25.7 Å². The predicted molar refractivity (Wildman–Crippen MR) is 85.6 cm³/mol. The van der Waals surface area contributed by atoms with Gasteiger partial charge < -0.3 is 10.5 Å². The summed E-state index contributed by atoms with van der Waals surface area (Å²) in [6.45, 7) is 10.3. The molecule has 0 saturated carbocycles. The molecule has 114 valence electrons. The molecule has 0 aliphatic heterocycles. The molecule has 3 heteroatoms. The summed E-state index contributed by atoms with van der Waals surface area (Å²) < 4.78 is 5.31. The van der Waals surface area contributed by atoms with Crippen molar-refractivity contribution >= 4 is 0 Å². The van der Waals surface area contributed by atoms with Gasteiger partial charge in [-0.2, -0.15) is 0 Å². The van der Waals surface area contributed by atoms with Crippen molar-refractivity contribution in [2.75, 3.05) is 20.7 Å². The van der Waals surface area contributed by atoms with Crippen LogP contribution in [0.5, 0.6) is 0 Å². The molecule has 1 rings (SSSR count). The first-order valence-corrected chi connectivity index (χ1v) is 7.31. The lowest BCUT2D eigenvalue weighted by Gasteiger charge is -2.40. The monoisotopic (exact) mass is 278 g/mol. The van der Waals surface area contributed by atoms with Gasteiger partial charge in [0.25, 0.3) is 0 Å². The summed E-state index contributed by atoms with van der Waals surface area (Å²) in [6.07, 6.45) is 0. The Hall–Kier alpha value is -0.900. The molecule has 2 N–H and O–H groups in total. The number of nitrogens with zero attached hydrogens (tertiary/aromatic N) is 1. The topological polar surface area (TPSA) is 38.5 Å². The molecule has 0 aromatic heterocycles. The standard InChI is InChI=1S/C17H30N2O/c1-13(17(2,3)4)19(5)16(11-18)15-10-8-7-9-14(15)12-20-6/h7-10,13,16H,11-12,18H2,1-6H3. The second-order valence-electron chi connectivity index (χ2n) is 6.59. The molecule has 1 aromatic carbocycles. The van der Waals surface area contributed by atoms with Crippen LogP contribution in [0.4, 0.5) is 0 Å². The fourth-order valence-corrected chi connectivity index (χ4v) is 2.54. The van der Waals surface area contributed by atoms with E-state index in [2.05, 4.69) is 63.9 Å². The van der Waals surface area contributed by atoms with E-state index in [0.717, 1.165) is 0 Å². The third kappa shape index (κ3) is 4.05. The Kier molecular flexibility index (Phi) is 6.18. The van der Waals surface area contributed by atoms with E-state index in [9.17, 15) is 0 Å². The first-order chi connectivity index (χ1) is 9.32. The van der Waals surface area contributed by atoms with Gasteiger partial charge in [0.15, 0.2) is 0 Å². The maximum absolute atomic E-state index is 6.07. The number of hydrogen-bond donors (Lipinski definition) is 1. The lowest BCUT2D eigenvalue weighted by molar-refractivity contribution is 0.0982. The van der Waals surface area contributed by atoms with Crippen molar-refractivity contribution in [3.8, 4) is 0 Å². The zero-order valence-corrected chi connectivity index (χ0v) is 13.8. The zero-order valence-electron chi connectivity index (χ0n) is 13.8. The highest BCUT2D eigenvalue weighted by molar-refractivity contribution is 5.30. The number of benzene rings is 1. The average Bonchev–Trinajstić information content (AvgIpc) is 2.39. The third-order valence-corrected chi connectivity index (χ3v) is 4.29. The summed E-state index contributed by atoms with van der Waals surface area (Å²) in [5.74, 6) is 0. The Bertz CT molecular complexity index is 412. The van der Waals surface area contributed by atoms with Crippen molar-refractivity contribution in [3.63, 3.8) is 0 Å². The zero-order chi connectivity index (χ0) is 15.3. The van der Waals surface area contributed by atoms with Crippen LogP contribution in [0.1, 0.15) is 44.9 Å². The Morgan fingerprint density at radius 2 is 1.85 bits per heavy atom. The molecular weight excluding hydrogens is 248 g/mol. The van der Waals surface area contributed by atoms with Crippen LogP contribution in [0.2, 0.25) is 0 Å². The molecule has 0 heterocycles. The van der Waals surface area contributed by atoms with Gasteiger partial charge in [0.1, 0.15) is 0 Å². The maximum Gasteiger partial charge on any atom is 0.0716 e. The van der Waals surface area contributed by atoms with Crippen molar-refractivity contribution < 1.29 is 4.74 Å². The summed E-state index contributed by atoms with van der Waals surface area (Å²) in [5, 5.41) is 0. The SMILES string of the molecule is COCc1ccccc1C(CN)N(C)C(C)C(C)(C)C. The second kappa shape index (κ2) is 7.21. The lowest BCUT2D eigenvalue weighted by Crippen LogP contribution is -2.44. The number of likely N-dealkylation sites (N-methyl/N-ethyl adjacent to an activating group) is 1. The molecule has 3 nitrogen and oxygen atoms in total. The molecule has 0 saturated heterocycles. The minimum absolute atomic E-state index is 0.218. The van der Waals surface area contributed by atoms with E-state index in [4.69, 9.17) is 10.5 Å². The fraction of sp³-hybridized carbons (Fsp3) is 0.647. The van der Waals surface area contributed by atoms with Crippen molar-refractivity contribution in [2.24, 2.45) is 11.1 Å². The van der Waals surface area contributed by atoms with Gasteiger partial charge in [0.05, 0.1) is 6.61 Å². The Labute approximate surface area is 124 Å². The van der Waals surface area contributed by atoms with E-state index in [-0.39, 0.29) is 11.5 Å². The molecule has 2 unspecified atom stereocenters. The Morgan fingerprint density at radius 3 is 2.35 bits per heavy atom. The van der Waals surface area contributed by atoms with E-state index in [0.29, 0.717) is 19.2 Å². The smallest absolute Gasteiger partial charge is 0.0716 e. The van der Waals surface area contributed by atoms with E-state index >= 15 is 0 Å². The minimum Gasteiger partial charge on any atom is -0.380 e. The van der Waals surface area contributed by atoms with Gasteiger partial charge in [-0.15, -0.1) is 0 Å². The second-order valence-corrected chi connectivity index (χ2v) is 6.59. The first-order valence-electron chi connectivity index (χ1n) is 7.31. The first kappa shape index (κ1) is 17.2. The van der Waals surface area contributed by atoms with Crippen LogP contribution >= 0.6 is 0 Å². The highest BCUT2D eigenvalue weighted by Crippen LogP contribution is 2.31. The van der Waals surface area contributed by atoms with Crippen LogP contribution in [0.15, 0.2) is 24.3 Å². The number of nitrogens with two attached hydrogens (primary N) is 1. The predicted octanol–water partition coefficient (Wildman–Crippen LogP) is 3.20. The van der Waals surface area contributed by atoms with E-state index in [1.54, 1.807) is 7.11 Å². The summed E-state index contributed by atoms with van der Waals surface area (Å²) in [7, 11) is 3.90. The molecule has 0 aliphatic carbocycles. The molecule has 1 aromatic rings. The summed E-state index contributed by atoms with van der Waals surface area (Å²) in [4.78, 5) is 2.38. The van der Waals surface area contributed by atoms with Crippen molar-refractivity contribution in [1.82, 2.24) is 4.90 Å². The Balaban J connectivity index is 3.07. The normalized spacial score (nSPS) is 15.4. The Morgan fingerprint density at radius 1 is 1.25 bits per heavy atom. The van der Waals surface area contributed by atoms with Crippen molar-refractivity contribution in [3.05, 3.63) is 35.4 Å². The van der Waals surface area contributed by atoms with Crippen molar-refractivity contribution in [2.45, 2.75) is 46.4 Å². The summed E-state index contributed by atoms with van der Waals surface area (Å²) in [5.41, 5.74) is 8.78. The maximum atomic E-state index is 6.07. The van der Waals surface area contributed by atoms with E-state index in [1.165, 1.54) is 11.1 Å². The number of hydrogen-bond acceptors (Lipinski definition) is 3. The van der Waals surface area contributed by atoms with Crippen LogP contribution in [0.25, 0.3) is 0 Å². The van der Waals surface area contributed by atoms with Crippen LogP contribution < -0.4 is 5.73 Å². The highest BCUT2D eigenvalue weighted by Gasteiger charge is 2.29. The van der Waals surface area contributed by atoms with E-state index in [1.807, 2.05) is 0 Å². The van der Waals surface area contributed by atoms with Gasteiger partial charge in [0.2, 0.25) is 0 Å². The highest BCUT2D eigenvalue weighted by atomic mass is 16.5. The fourth-order valence-electron chi connectivity index (χ4n) is 2.54. The number of rotatable bonds is 6. The minimum atomic E-state index is 0.218. The molecule has 2 atom stereocenters.